The average Bonchev–Trinajstić information content (AvgIpc) is 3.13. The zero-order valence-corrected chi connectivity index (χ0v) is 19.4. The van der Waals surface area contributed by atoms with Gasteiger partial charge in [-0.05, 0) is 43.2 Å². The molecule has 174 valence electrons. The second-order valence-corrected chi connectivity index (χ2v) is 8.30. The molecule has 2 N–H and O–H groups in total. The minimum atomic E-state index is -0.841. The topological polar surface area (TPSA) is 126 Å². The van der Waals surface area contributed by atoms with Crippen molar-refractivity contribution in [3.8, 4) is 0 Å². The summed E-state index contributed by atoms with van der Waals surface area (Å²) < 4.78 is 11.7. The lowest BCUT2D eigenvalue weighted by atomic mass is 10.2. The number of ether oxygens (including phenoxy) is 2. The van der Waals surface area contributed by atoms with E-state index in [2.05, 4.69) is 9.97 Å². The Balaban J connectivity index is 2.10. The Morgan fingerprint density at radius 1 is 1.09 bits per heavy atom. The summed E-state index contributed by atoms with van der Waals surface area (Å²) in [4.78, 5) is 48.1. The van der Waals surface area contributed by atoms with E-state index in [1.54, 1.807) is 69.0 Å². The number of rotatable bonds is 6. The van der Waals surface area contributed by atoms with Gasteiger partial charge in [-0.3, -0.25) is 19.3 Å². The van der Waals surface area contributed by atoms with Crippen molar-refractivity contribution in [2.24, 2.45) is 0 Å². The van der Waals surface area contributed by atoms with Crippen molar-refractivity contribution in [2.75, 3.05) is 18.9 Å². The molecule has 0 spiro atoms. The summed E-state index contributed by atoms with van der Waals surface area (Å²) in [6.45, 7) is 3.57. The third-order valence-corrected chi connectivity index (χ3v) is 6.36. The molecule has 0 aliphatic carbocycles. The van der Waals surface area contributed by atoms with Gasteiger partial charge in [-0.1, -0.05) is 23.9 Å². The average molecular weight is 479 g/mol. The van der Waals surface area contributed by atoms with Crippen molar-refractivity contribution < 1.29 is 23.9 Å². The van der Waals surface area contributed by atoms with Crippen molar-refractivity contribution >= 4 is 46.3 Å². The van der Waals surface area contributed by atoms with Crippen LogP contribution in [0.15, 0.2) is 49.1 Å². The van der Waals surface area contributed by atoms with Crippen molar-refractivity contribution in [3.05, 3.63) is 76.4 Å². The zero-order valence-electron chi connectivity index (χ0n) is 18.6. The van der Waals surface area contributed by atoms with Gasteiger partial charge in [-0.2, -0.15) is 0 Å². The molecule has 0 amide bonds. The first-order valence-corrected chi connectivity index (χ1v) is 11.5. The summed E-state index contributed by atoms with van der Waals surface area (Å²) >= 11 is 1.04. The molecule has 3 aromatic rings. The molecule has 0 aromatic carbocycles. The number of nitrogens with zero attached hydrogens (tertiary/aromatic N) is 3. The minimum absolute atomic E-state index is 0.0277. The number of carbonyl (C=O) groups excluding carboxylic acids is 3. The maximum atomic E-state index is 13.8. The van der Waals surface area contributed by atoms with Crippen LogP contribution in [-0.2, 0) is 14.3 Å². The minimum Gasteiger partial charge on any atom is -0.462 e. The third-order valence-electron chi connectivity index (χ3n) is 5.06. The lowest BCUT2D eigenvalue weighted by Gasteiger charge is -2.23. The fourth-order valence-corrected chi connectivity index (χ4v) is 4.84. The van der Waals surface area contributed by atoms with Gasteiger partial charge < -0.3 is 15.2 Å². The van der Waals surface area contributed by atoms with Gasteiger partial charge in [0.25, 0.3) is 0 Å². The van der Waals surface area contributed by atoms with Crippen LogP contribution in [0.3, 0.4) is 0 Å². The van der Waals surface area contributed by atoms with Crippen molar-refractivity contribution in [1.82, 2.24) is 14.5 Å². The van der Waals surface area contributed by atoms with E-state index >= 15 is 0 Å². The van der Waals surface area contributed by atoms with E-state index in [1.165, 1.54) is 4.57 Å². The van der Waals surface area contributed by atoms with Gasteiger partial charge in [0, 0.05) is 30.0 Å². The van der Waals surface area contributed by atoms with Gasteiger partial charge in [0.05, 0.1) is 24.3 Å². The van der Waals surface area contributed by atoms with Crippen LogP contribution in [0.5, 0.6) is 0 Å². The number of esters is 2. The SMILES string of the molecule is CCOC(=O)C1=c2/c(=C/c3cccnc3)c(N)c(C(=O)OCC)n2C(=O)[C@@H](c2cccnc2)S1. The molecule has 0 bridgehead atoms. The van der Waals surface area contributed by atoms with Gasteiger partial charge in [0.1, 0.15) is 10.2 Å². The Labute approximate surface area is 199 Å². The van der Waals surface area contributed by atoms with Crippen LogP contribution in [0.1, 0.15) is 45.5 Å². The maximum absolute atomic E-state index is 13.8. The molecule has 0 saturated heterocycles. The Morgan fingerprint density at radius 3 is 2.38 bits per heavy atom. The molecule has 0 unspecified atom stereocenters. The summed E-state index contributed by atoms with van der Waals surface area (Å²) in [6.07, 6.45) is 8.03. The van der Waals surface area contributed by atoms with Crippen molar-refractivity contribution in [1.29, 1.82) is 0 Å². The Morgan fingerprint density at radius 2 is 1.76 bits per heavy atom. The normalized spacial score (nSPS) is 15.7. The predicted octanol–water partition coefficient (Wildman–Crippen LogP) is 1.67. The number of hydrogen-bond donors (Lipinski definition) is 1. The quantitative estimate of drug-likeness (QED) is 0.526. The molecule has 0 radical (unpaired) electrons. The number of hydrogen-bond acceptors (Lipinski definition) is 9. The monoisotopic (exact) mass is 478 g/mol. The van der Waals surface area contributed by atoms with Crippen LogP contribution in [0.2, 0.25) is 0 Å². The molecule has 10 heteroatoms. The fraction of sp³-hybridized carbons (Fsp3) is 0.208. The van der Waals surface area contributed by atoms with Crippen LogP contribution >= 0.6 is 11.8 Å². The Kier molecular flexibility index (Phi) is 6.78. The highest BCUT2D eigenvalue weighted by atomic mass is 32.2. The van der Waals surface area contributed by atoms with E-state index in [0.717, 1.165) is 11.8 Å². The summed E-state index contributed by atoms with van der Waals surface area (Å²) in [5.74, 6) is -1.83. The summed E-state index contributed by atoms with van der Waals surface area (Å²) in [5.41, 5.74) is 7.58. The van der Waals surface area contributed by atoms with E-state index in [9.17, 15) is 14.4 Å². The number of aromatic nitrogens is 3. The predicted molar refractivity (Wildman–Crippen MR) is 127 cm³/mol. The van der Waals surface area contributed by atoms with Crippen LogP contribution in [0.4, 0.5) is 5.69 Å². The van der Waals surface area contributed by atoms with Gasteiger partial charge in [-0.25, -0.2) is 9.59 Å². The second-order valence-electron chi connectivity index (χ2n) is 7.18. The molecular weight excluding hydrogens is 456 g/mol. The first-order valence-electron chi connectivity index (χ1n) is 10.6. The lowest BCUT2D eigenvalue weighted by molar-refractivity contribution is -0.135. The third kappa shape index (κ3) is 4.19. The molecule has 1 aliphatic heterocycles. The molecule has 34 heavy (non-hydrogen) atoms. The summed E-state index contributed by atoms with van der Waals surface area (Å²) in [6, 6.07) is 6.96. The first-order chi connectivity index (χ1) is 16.5. The smallest absolute Gasteiger partial charge is 0.357 e. The molecular formula is C24H22N4O5S. The van der Waals surface area contributed by atoms with E-state index in [-0.39, 0.29) is 34.8 Å². The molecule has 4 rings (SSSR count). The number of nitrogens with two attached hydrogens (primary N) is 1. The van der Waals surface area contributed by atoms with E-state index < -0.39 is 23.1 Å². The maximum Gasteiger partial charge on any atom is 0.357 e. The van der Waals surface area contributed by atoms with Crippen molar-refractivity contribution in [2.45, 2.75) is 19.1 Å². The standard InChI is InChI=1S/C24H22N4O5S/c1-3-32-23(30)19-17(25)16(11-14-7-5-9-26-12-14)18-21(24(31)33-4-2)34-20(22(29)28(18)19)15-8-6-10-27-13-15/h5-13,20H,3-4,25H2,1-2H3/b16-11+/t20-/m1/s1. The van der Waals surface area contributed by atoms with E-state index in [0.29, 0.717) is 16.3 Å². The Bertz CT molecular complexity index is 1370. The number of fused-ring (bicyclic) bond motifs is 1. The molecule has 1 aliphatic rings. The van der Waals surface area contributed by atoms with Crippen LogP contribution in [-0.4, -0.2) is 45.6 Å². The number of carbonyl (C=O) groups is 3. The van der Waals surface area contributed by atoms with Crippen LogP contribution in [0.25, 0.3) is 11.0 Å². The fourth-order valence-electron chi connectivity index (χ4n) is 3.65. The lowest BCUT2D eigenvalue weighted by Crippen LogP contribution is -2.42. The molecule has 1 atom stereocenters. The highest BCUT2D eigenvalue weighted by molar-refractivity contribution is 8.10. The number of anilines is 1. The summed E-state index contributed by atoms with van der Waals surface area (Å²) in [7, 11) is 0. The van der Waals surface area contributed by atoms with Gasteiger partial charge in [-0.15, -0.1) is 0 Å². The number of nitrogen functional groups attached to an aromatic ring is 1. The van der Waals surface area contributed by atoms with Gasteiger partial charge in [0.2, 0.25) is 5.91 Å². The molecule has 3 aromatic heterocycles. The number of pyridine rings is 2. The first kappa shape index (κ1) is 23.2. The zero-order chi connectivity index (χ0) is 24.2. The largest absolute Gasteiger partial charge is 0.462 e. The van der Waals surface area contributed by atoms with Crippen LogP contribution < -0.4 is 16.3 Å². The van der Waals surface area contributed by atoms with E-state index in [4.69, 9.17) is 15.2 Å². The van der Waals surface area contributed by atoms with Crippen molar-refractivity contribution in [3.63, 3.8) is 0 Å². The molecule has 0 fully saturated rings. The van der Waals surface area contributed by atoms with Gasteiger partial charge in [0.15, 0.2) is 5.69 Å². The molecule has 0 saturated carbocycles. The highest BCUT2D eigenvalue weighted by Gasteiger charge is 2.38. The van der Waals surface area contributed by atoms with E-state index in [1.807, 2.05) is 0 Å². The number of thioether (sulfide) groups is 1. The molecule has 4 heterocycles. The Hall–Kier alpha value is -3.92. The van der Waals surface area contributed by atoms with Gasteiger partial charge >= 0.3 is 11.9 Å². The molecule has 9 nitrogen and oxygen atoms in total. The summed E-state index contributed by atoms with van der Waals surface area (Å²) in [5, 5.41) is -0.311. The van der Waals surface area contributed by atoms with Crippen LogP contribution in [0, 0.1) is 0 Å². The highest BCUT2D eigenvalue weighted by Crippen LogP contribution is 2.39. The second kappa shape index (κ2) is 9.92.